The average Bonchev–Trinajstić information content (AvgIpc) is 3.07. The Morgan fingerprint density at radius 3 is 2.32 bits per heavy atom. The Morgan fingerprint density at radius 2 is 1.76 bits per heavy atom. The topological polar surface area (TPSA) is 123 Å². The summed E-state index contributed by atoms with van der Waals surface area (Å²) in [6, 6.07) is 10.8. The second-order valence-electron chi connectivity index (χ2n) is 8.17. The van der Waals surface area contributed by atoms with Gasteiger partial charge >= 0.3 is 11.9 Å². The van der Waals surface area contributed by atoms with E-state index in [1.807, 2.05) is 0 Å². The van der Waals surface area contributed by atoms with Gasteiger partial charge in [-0.05, 0) is 35.9 Å². The van der Waals surface area contributed by atoms with Crippen molar-refractivity contribution in [1.82, 2.24) is 19.7 Å². The summed E-state index contributed by atoms with van der Waals surface area (Å²) in [5.74, 6) is -1.59. The van der Waals surface area contributed by atoms with E-state index in [4.69, 9.17) is 23.2 Å². The highest BCUT2D eigenvalue weighted by Gasteiger charge is 2.39. The molecule has 2 N–H and O–H groups in total. The van der Waals surface area contributed by atoms with Crippen LogP contribution in [0.4, 0.5) is 13.2 Å². The molecule has 1 amide bonds. The number of aliphatic hydroxyl groups excluding tert-OH is 1. The predicted molar refractivity (Wildman–Crippen MR) is 131 cm³/mol. The first-order chi connectivity index (χ1) is 17.2. The Balaban J connectivity index is 1.95. The molecule has 0 aliphatic rings. The molecule has 9 nitrogen and oxygen atoms in total. The fourth-order valence-corrected chi connectivity index (χ4v) is 4.71. The highest BCUT2D eigenvalue weighted by atomic mass is 35.5. The van der Waals surface area contributed by atoms with Gasteiger partial charge in [0.25, 0.3) is 0 Å². The van der Waals surface area contributed by atoms with E-state index in [0.717, 1.165) is 6.26 Å². The SMILES string of the molecule is CS(=O)(=O)CC(NC(=O)Cn1nc(-c2ccc(Cl)cc2)n(CC(O)C(F)(F)F)c1=O)c1ccccc1Cl. The summed E-state index contributed by atoms with van der Waals surface area (Å²) in [6.45, 7) is -1.92. The number of benzene rings is 2. The van der Waals surface area contributed by atoms with E-state index in [0.29, 0.717) is 19.8 Å². The zero-order valence-electron chi connectivity index (χ0n) is 19.1. The fourth-order valence-electron chi connectivity index (χ4n) is 3.44. The number of sulfone groups is 1. The van der Waals surface area contributed by atoms with E-state index in [1.165, 1.54) is 36.4 Å². The van der Waals surface area contributed by atoms with E-state index in [2.05, 4.69) is 10.4 Å². The standard InChI is InChI=1S/C22H21Cl2F3N4O5S/c1-37(35,36)12-17(15-4-2-3-5-16(15)24)28-19(33)11-31-21(34)30(10-18(32)22(25,26)27)20(29-31)13-6-8-14(23)9-7-13/h2-9,17-18,32H,10-12H2,1H3,(H,28,33). The Labute approximate surface area is 219 Å². The van der Waals surface area contributed by atoms with Crippen LogP contribution >= 0.6 is 23.2 Å². The Kier molecular flexibility index (Phi) is 8.73. The second-order valence-corrected chi connectivity index (χ2v) is 11.2. The predicted octanol–water partition coefficient (Wildman–Crippen LogP) is 2.84. The number of rotatable bonds is 9. The number of nitrogens with zero attached hydrogens (tertiary/aromatic N) is 3. The lowest BCUT2D eigenvalue weighted by molar-refractivity contribution is -0.207. The lowest BCUT2D eigenvalue weighted by Gasteiger charge is -2.19. The smallest absolute Gasteiger partial charge is 0.382 e. The molecule has 3 rings (SSSR count). The van der Waals surface area contributed by atoms with E-state index < -0.39 is 58.6 Å². The van der Waals surface area contributed by atoms with Gasteiger partial charge in [0.1, 0.15) is 16.4 Å². The highest BCUT2D eigenvalue weighted by molar-refractivity contribution is 7.90. The van der Waals surface area contributed by atoms with Gasteiger partial charge in [0.15, 0.2) is 11.9 Å². The minimum absolute atomic E-state index is 0.198. The minimum Gasteiger partial charge on any atom is -0.382 e. The summed E-state index contributed by atoms with van der Waals surface area (Å²) >= 11 is 12.0. The van der Waals surface area contributed by atoms with Crippen LogP contribution in [-0.4, -0.2) is 58.1 Å². The molecule has 15 heteroatoms. The summed E-state index contributed by atoms with van der Waals surface area (Å²) in [5.41, 5.74) is -0.571. The van der Waals surface area contributed by atoms with Gasteiger partial charge in [-0.2, -0.15) is 13.2 Å². The van der Waals surface area contributed by atoms with E-state index in [9.17, 15) is 36.3 Å². The normalized spacial score (nSPS) is 13.8. The fraction of sp³-hybridized carbons (Fsp3) is 0.318. The van der Waals surface area contributed by atoms with Crippen molar-refractivity contribution in [1.29, 1.82) is 0 Å². The van der Waals surface area contributed by atoms with Crippen molar-refractivity contribution in [2.45, 2.75) is 31.4 Å². The molecule has 0 fully saturated rings. The number of aromatic nitrogens is 3. The van der Waals surface area contributed by atoms with Crippen molar-refractivity contribution in [3.05, 3.63) is 74.6 Å². The van der Waals surface area contributed by atoms with Crippen molar-refractivity contribution >= 4 is 38.9 Å². The van der Waals surface area contributed by atoms with Crippen LogP contribution < -0.4 is 11.0 Å². The molecule has 37 heavy (non-hydrogen) atoms. The summed E-state index contributed by atoms with van der Waals surface area (Å²) in [4.78, 5) is 25.8. The molecule has 0 spiro atoms. The molecule has 2 aromatic carbocycles. The van der Waals surface area contributed by atoms with Crippen LogP contribution in [0.2, 0.25) is 10.0 Å². The van der Waals surface area contributed by atoms with Crippen LogP contribution in [0.25, 0.3) is 11.4 Å². The number of halogens is 5. The van der Waals surface area contributed by atoms with Gasteiger partial charge in [0.05, 0.1) is 18.3 Å². The molecule has 0 bridgehead atoms. The molecule has 0 aliphatic carbocycles. The molecule has 2 unspecified atom stereocenters. The van der Waals surface area contributed by atoms with Crippen LogP contribution in [0.1, 0.15) is 11.6 Å². The van der Waals surface area contributed by atoms with Gasteiger partial charge in [-0.1, -0.05) is 41.4 Å². The Bertz CT molecular complexity index is 1440. The number of carbonyl (C=O) groups is 1. The molecule has 0 saturated carbocycles. The zero-order chi connectivity index (χ0) is 27.5. The third-order valence-corrected chi connectivity index (χ3v) is 6.67. The monoisotopic (exact) mass is 580 g/mol. The number of hydrogen-bond acceptors (Lipinski definition) is 6. The lowest BCUT2D eigenvalue weighted by Crippen LogP contribution is -2.40. The summed E-state index contributed by atoms with van der Waals surface area (Å²) < 4.78 is 64.1. The molecule has 0 saturated heterocycles. The summed E-state index contributed by atoms with van der Waals surface area (Å²) in [5, 5.41) is 16.6. The van der Waals surface area contributed by atoms with Crippen LogP contribution in [0.5, 0.6) is 0 Å². The number of carbonyl (C=O) groups excluding carboxylic acids is 1. The van der Waals surface area contributed by atoms with Crippen LogP contribution in [0.3, 0.4) is 0 Å². The zero-order valence-corrected chi connectivity index (χ0v) is 21.4. The maximum atomic E-state index is 13.0. The Hall–Kier alpha value is -2.87. The molecule has 0 aliphatic heterocycles. The summed E-state index contributed by atoms with van der Waals surface area (Å²) in [7, 11) is -3.59. The van der Waals surface area contributed by atoms with Crippen molar-refractivity contribution in [2.75, 3.05) is 12.0 Å². The molecule has 0 radical (unpaired) electrons. The highest BCUT2D eigenvalue weighted by Crippen LogP contribution is 2.25. The van der Waals surface area contributed by atoms with Gasteiger partial charge in [-0.3, -0.25) is 9.36 Å². The molecule has 200 valence electrons. The van der Waals surface area contributed by atoms with Crippen LogP contribution in [0, 0.1) is 0 Å². The molecule has 1 aromatic heterocycles. The second kappa shape index (κ2) is 11.3. The first-order valence-corrected chi connectivity index (χ1v) is 13.4. The maximum absolute atomic E-state index is 13.0. The number of alkyl halides is 3. The van der Waals surface area contributed by atoms with E-state index in [-0.39, 0.29) is 16.4 Å². The maximum Gasteiger partial charge on any atom is 0.416 e. The van der Waals surface area contributed by atoms with Crippen LogP contribution in [-0.2, 0) is 27.7 Å². The van der Waals surface area contributed by atoms with Gasteiger partial charge in [-0.25, -0.2) is 17.9 Å². The number of nitrogens with one attached hydrogen (secondary N) is 1. The molecule has 2 atom stereocenters. The molecule has 1 heterocycles. The van der Waals surface area contributed by atoms with E-state index in [1.54, 1.807) is 12.1 Å². The van der Waals surface area contributed by atoms with Gasteiger partial charge in [0, 0.05) is 21.9 Å². The van der Waals surface area contributed by atoms with E-state index >= 15 is 0 Å². The number of aliphatic hydroxyl groups is 1. The first kappa shape index (κ1) is 28.7. The number of hydrogen-bond donors (Lipinski definition) is 2. The molecular weight excluding hydrogens is 560 g/mol. The largest absolute Gasteiger partial charge is 0.416 e. The number of amides is 1. The quantitative estimate of drug-likeness (QED) is 0.401. The molecular formula is C22H21Cl2F3N4O5S. The summed E-state index contributed by atoms with van der Waals surface area (Å²) in [6.07, 6.45) is -6.91. The van der Waals surface area contributed by atoms with Crippen LogP contribution in [0.15, 0.2) is 53.3 Å². The van der Waals surface area contributed by atoms with Crippen molar-refractivity contribution in [3.63, 3.8) is 0 Å². The van der Waals surface area contributed by atoms with Gasteiger partial charge in [0.2, 0.25) is 5.91 Å². The van der Waals surface area contributed by atoms with Crippen molar-refractivity contribution in [3.8, 4) is 11.4 Å². The van der Waals surface area contributed by atoms with Crippen molar-refractivity contribution in [2.24, 2.45) is 0 Å². The molecule has 3 aromatic rings. The lowest BCUT2D eigenvalue weighted by atomic mass is 10.1. The Morgan fingerprint density at radius 1 is 1.14 bits per heavy atom. The van der Waals surface area contributed by atoms with Crippen molar-refractivity contribution < 1.29 is 31.5 Å². The third-order valence-electron chi connectivity index (χ3n) is 5.14. The minimum atomic E-state index is -5.01. The van der Waals surface area contributed by atoms with Gasteiger partial charge < -0.3 is 10.4 Å². The first-order valence-electron chi connectivity index (χ1n) is 10.6. The van der Waals surface area contributed by atoms with Gasteiger partial charge in [-0.15, -0.1) is 5.10 Å². The third kappa shape index (κ3) is 7.57. The average molecular weight is 581 g/mol.